The van der Waals surface area contributed by atoms with Crippen LogP contribution in [-0.4, -0.2) is 45.7 Å². The molecule has 0 heterocycles. The zero-order valence-electron chi connectivity index (χ0n) is 11.6. The Morgan fingerprint density at radius 3 is 2.42 bits per heavy atom. The van der Waals surface area contributed by atoms with Crippen molar-refractivity contribution in [3.8, 4) is 11.5 Å². The van der Waals surface area contributed by atoms with Crippen molar-refractivity contribution in [1.29, 1.82) is 0 Å². The molecule has 1 aromatic rings. The Bertz CT molecular complexity index is 450. The van der Waals surface area contributed by atoms with Gasteiger partial charge in [-0.15, -0.1) is 0 Å². The minimum atomic E-state index is 0.0624. The van der Waals surface area contributed by atoms with Gasteiger partial charge in [-0.1, -0.05) is 11.6 Å². The minimum Gasteiger partial charge on any atom is -0.495 e. The predicted octanol–water partition coefficient (Wildman–Crippen LogP) is 2.25. The summed E-state index contributed by atoms with van der Waals surface area (Å²) >= 11 is 6.01. The highest BCUT2D eigenvalue weighted by molar-refractivity contribution is 6.32. The van der Waals surface area contributed by atoms with Crippen molar-refractivity contribution in [3.05, 3.63) is 17.2 Å². The van der Waals surface area contributed by atoms with Crippen LogP contribution in [0.1, 0.15) is 6.42 Å². The van der Waals surface area contributed by atoms with Gasteiger partial charge in [-0.3, -0.25) is 4.79 Å². The number of methoxy groups -OCH3 is 2. The highest BCUT2D eigenvalue weighted by atomic mass is 35.5. The van der Waals surface area contributed by atoms with Crippen LogP contribution in [0.4, 0.5) is 5.69 Å². The van der Waals surface area contributed by atoms with E-state index in [-0.39, 0.29) is 5.91 Å². The van der Waals surface area contributed by atoms with Gasteiger partial charge in [0.1, 0.15) is 11.5 Å². The average molecular weight is 287 g/mol. The van der Waals surface area contributed by atoms with Gasteiger partial charge in [0.05, 0.1) is 24.9 Å². The molecule has 1 aromatic carbocycles. The number of nitrogens with zero attached hydrogens (tertiary/aromatic N) is 1. The summed E-state index contributed by atoms with van der Waals surface area (Å²) in [6.45, 7) is 0.512. The molecule has 1 amide bonds. The summed E-state index contributed by atoms with van der Waals surface area (Å²) in [5.74, 6) is 1.24. The summed E-state index contributed by atoms with van der Waals surface area (Å²) < 4.78 is 10.4. The molecule has 5 nitrogen and oxygen atoms in total. The van der Waals surface area contributed by atoms with E-state index in [1.807, 2.05) is 0 Å². The molecule has 106 valence electrons. The van der Waals surface area contributed by atoms with Gasteiger partial charge in [0.2, 0.25) is 5.91 Å². The Kier molecular flexibility index (Phi) is 5.76. The maximum Gasteiger partial charge on any atom is 0.223 e. The molecule has 0 aromatic heterocycles. The van der Waals surface area contributed by atoms with Gasteiger partial charge in [-0.2, -0.15) is 0 Å². The van der Waals surface area contributed by atoms with E-state index in [1.165, 1.54) is 0 Å². The number of anilines is 1. The highest BCUT2D eigenvalue weighted by Gasteiger charge is 2.10. The third-order valence-electron chi connectivity index (χ3n) is 2.63. The number of ether oxygens (including phenoxy) is 2. The van der Waals surface area contributed by atoms with Crippen molar-refractivity contribution in [2.45, 2.75) is 6.42 Å². The third-order valence-corrected chi connectivity index (χ3v) is 2.92. The maximum absolute atomic E-state index is 11.5. The number of hydrogen-bond donors (Lipinski definition) is 1. The van der Waals surface area contributed by atoms with E-state index < -0.39 is 0 Å². The second kappa shape index (κ2) is 7.09. The van der Waals surface area contributed by atoms with E-state index in [1.54, 1.807) is 45.3 Å². The van der Waals surface area contributed by atoms with Gasteiger partial charge >= 0.3 is 0 Å². The number of nitrogens with one attached hydrogen (secondary N) is 1. The van der Waals surface area contributed by atoms with Crippen LogP contribution in [0.25, 0.3) is 0 Å². The molecular weight excluding hydrogens is 268 g/mol. The molecule has 0 fully saturated rings. The fraction of sp³-hybridized carbons (Fsp3) is 0.462. The van der Waals surface area contributed by atoms with E-state index in [2.05, 4.69) is 5.32 Å². The Hall–Kier alpha value is -1.62. The molecule has 6 heteroatoms. The third kappa shape index (κ3) is 4.21. The summed E-state index contributed by atoms with van der Waals surface area (Å²) in [5, 5.41) is 3.62. The van der Waals surface area contributed by atoms with Crippen molar-refractivity contribution in [3.63, 3.8) is 0 Å². The normalized spacial score (nSPS) is 9.95. The van der Waals surface area contributed by atoms with E-state index in [4.69, 9.17) is 21.1 Å². The minimum absolute atomic E-state index is 0.0624. The van der Waals surface area contributed by atoms with Crippen molar-refractivity contribution >= 4 is 23.2 Å². The number of amides is 1. The predicted molar refractivity (Wildman–Crippen MR) is 76.4 cm³/mol. The van der Waals surface area contributed by atoms with Crippen LogP contribution in [0, 0.1) is 0 Å². The van der Waals surface area contributed by atoms with E-state index >= 15 is 0 Å². The van der Waals surface area contributed by atoms with Crippen LogP contribution in [0.5, 0.6) is 11.5 Å². The standard InChI is InChI=1S/C13H19ClN2O3/c1-16(2)13(17)5-6-15-10-8-11(18-3)9(14)7-12(10)19-4/h7-8,15H,5-6H2,1-4H3. The Morgan fingerprint density at radius 2 is 1.89 bits per heavy atom. The molecule has 1 N–H and O–H groups in total. The smallest absolute Gasteiger partial charge is 0.223 e. The lowest BCUT2D eigenvalue weighted by molar-refractivity contribution is -0.128. The molecule has 0 bridgehead atoms. The average Bonchev–Trinajstić information content (AvgIpc) is 2.39. The molecule has 0 saturated carbocycles. The topological polar surface area (TPSA) is 50.8 Å². The zero-order chi connectivity index (χ0) is 14.4. The summed E-state index contributed by atoms with van der Waals surface area (Å²) in [4.78, 5) is 13.0. The Labute approximate surface area is 118 Å². The molecule has 0 radical (unpaired) electrons. The molecule has 19 heavy (non-hydrogen) atoms. The second-order valence-corrected chi connectivity index (χ2v) is 4.56. The fourth-order valence-electron chi connectivity index (χ4n) is 1.53. The molecule has 0 aliphatic carbocycles. The van der Waals surface area contributed by atoms with E-state index in [0.717, 1.165) is 5.69 Å². The number of rotatable bonds is 6. The number of halogens is 1. The first kappa shape index (κ1) is 15.4. The molecule has 0 saturated heterocycles. The number of carbonyl (C=O) groups excluding carboxylic acids is 1. The Balaban J connectivity index is 2.74. The molecule has 0 unspecified atom stereocenters. The Morgan fingerprint density at radius 1 is 1.26 bits per heavy atom. The molecule has 0 spiro atoms. The van der Waals surface area contributed by atoms with Gasteiger partial charge in [0, 0.05) is 39.2 Å². The van der Waals surface area contributed by atoms with Crippen LogP contribution in [0.15, 0.2) is 12.1 Å². The van der Waals surface area contributed by atoms with Crippen LogP contribution < -0.4 is 14.8 Å². The van der Waals surface area contributed by atoms with Gasteiger partial charge < -0.3 is 19.7 Å². The lowest BCUT2D eigenvalue weighted by Gasteiger charge is -2.15. The highest BCUT2D eigenvalue weighted by Crippen LogP contribution is 2.35. The summed E-state index contributed by atoms with van der Waals surface area (Å²) in [6.07, 6.45) is 0.404. The van der Waals surface area contributed by atoms with Crippen LogP contribution >= 0.6 is 11.6 Å². The summed E-state index contributed by atoms with van der Waals surface area (Å²) in [5.41, 5.74) is 0.746. The molecule has 0 aliphatic heterocycles. The van der Waals surface area contributed by atoms with Gasteiger partial charge in [0.15, 0.2) is 0 Å². The number of hydrogen-bond acceptors (Lipinski definition) is 4. The van der Waals surface area contributed by atoms with Crippen molar-refractivity contribution < 1.29 is 14.3 Å². The molecule has 1 rings (SSSR count). The lowest BCUT2D eigenvalue weighted by Crippen LogP contribution is -2.23. The first-order valence-electron chi connectivity index (χ1n) is 5.85. The molecule has 0 aliphatic rings. The largest absolute Gasteiger partial charge is 0.495 e. The lowest BCUT2D eigenvalue weighted by atomic mass is 10.2. The van der Waals surface area contributed by atoms with E-state index in [0.29, 0.717) is 29.5 Å². The monoisotopic (exact) mass is 286 g/mol. The molecular formula is C13H19ClN2O3. The van der Waals surface area contributed by atoms with Gasteiger partial charge in [0.25, 0.3) is 0 Å². The maximum atomic E-state index is 11.5. The summed E-state index contributed by atoms with van der Waals surface area (Å²) in [7, 11) is 6.57. The quantitative estimate of drug-likeness (QED) is 0.871. The first-order chi connectivity index (χ1) is 8.99. The SMILES string of the molecule is COc1cc(NCCC(=O)N(C)C)c(OC)cc1Cl. The van der Waals surface area contributed by atoms with Crippen molar-refractivity contribution in [2.24, 2.45) is 0 Å². The zero-order valence-corrected chi connectivity index (χ0v) is 12.4. The van der Waals surface area contributed by atoms with Crippen LogP contribution in [0.2, 0.25) is 5.02 Å². The van der Waals surface area contributed by atoms with E-state index in [9.17, 15) is 4.79 Å². The van der Waals surface area contributed by atoms with Crippen molar-refractivity contribution in [1.82, 2.24) is 4.90 Å². The van der Waals surface area contributed by atoms with Crippen LogP contribution in [0.3, 0.4) is 0 Å². The first-order valence-corrected chi connectivity index (χ1v) is 6.23. The fourth-order valence-corrected chi connectivity index (χ4v) is 1.76. The van der Waals surface area contributed by atoms with Crippen molar-refractivity contribution in [2.75, 3.05) is 40.2 Å². The van der Waals surface area contributed by atoms with Crippen LogP contribution in [-0.2, 0) is 4.79 Å². The second-order valence-electron chi connectivity index (χ2n) is 4.15. The summed E-state index contributed by atoms with van der Waals surface area (Å²) in [6, 6.07) is 3.43. The number of carbonyl (C=O) groups is 1. The van der Waals surface area contributed by atoms with Gasteiger partial charge in [-0.25, -0.2) is 0 Å². The molecule has 0 atom stereocenters. The number of benzene rings is 1. The van der Waals surface area contributed by atoms with Gasteiger partial charge in [-0.05, 0) is 0 Å².